The molecule has 1 saturated heterocycles. The predicted octanol–water partition coefficient (Wildman–Crippen LogP) is 4.11. The molecule has 0 radical (unpaired) electrons. The third-order valence-electron chi connectivity index (χ3n) is 5.55. The highest BCUT2D eigenvalue weighted by Crippen LogP contribution is 2.35. The first-order chi connectivity index (χ1) is 13.4. The molecule has 5 nitrogen and oxygen atoms in total. The molecule has 4 rings (SSSR count). The largest absolute Gasteiger partial charge is 0.305 e. The molecule has 2 aromatic rings. The van der Waals surface area contributed by atoms with Gasteiger partial charge in [-0.2, -0.15) is 4.31 Å². The van der Waals surface area contributed by atoms with Crippen LogP contribution in [0.1, 0.15) is 42.1 Å². The van der Waals surface area contributed by atoms with Crippen LogP contribution in [-0.4, -0.2) is 37.8 Å². The molecular formula is C21H23ClN2O3S. The van der Waals surface area contributed by atoms with E-state index in [9.17, 15) is 13.2 Å². The lowest BCUT2D eigenvalue weighted by Gasteiger charge is -2.27. The quantitative estimate of drug-likeness (QED) is 0.753. The number of carbonyl (C=O) groups is 1. The average Bonchev–Trinajstić information content (AvgIpc) is 3.04. The predicted molar refractivity (Wildman–Crippen MR) is 110 cm³/mol. The van der Waals surface area contributed by atoms with E-state index in [1.54, 1.807) is 4.90 Å². The minimum atomic E-state index is -3.63. The molecular weight excluding hydrogens is 396 g/mol. The van der Waals surface area contributed by atoms with Gasteiger partial charge in [0, 0.05) is 24.8 Å². The highest BCUT2D eigenvalue weighted by Gasteiger charge is 2.33. The van der Waals surface area contributed by atoms with Gasteiger partial charge in [0.15, 0.2) is 0 Å². The lowest BCUT2D eigenvalue weighted by Crippen LogP contribution is -2.37. The Bertz CT molecular complexity index is 1020. The van der Waals surface area contributed by atoms with E-state index in [4.69, 9.17) is 11.6 Å². The number of hydrogen-bond donors (Lipinski definition) is 0. The number of fused-ring (bicyclic) bond motifs is 1. The van der Waals surface area contributed by atoms with Crippen molar-refractivity contribution in [1.82, 2.24) is 4.31 Å². The highest BCUT2D eigenvalue weighted by atomic mass is 35.5. The Balaban J connectivity index is 1.71. The van der Waals surface area contributed by atoms with Crippen molar-refractivity contribution in [2.45, 2.75) is 43.5 Å². The maximum Gasteiger partial charge on any atom is 0.260 e. The zero-order valence-electron chi connectivity index (χ0n) is 15.8. The lowest BCUT2D eigenvalue weighted by molar-refractivity contribution is 0.0981. The van der Waals surface area contributed by atoms with Gasteiger partial charge < -0.3 is 4.90 Å². The van der Waals surface area contributed by atoms with Gasteiger partial charge in [-0.1, -0.05) is 36.2 Å². The first-order valence-electron chi connectivity index (χ1n) is 9.61. The number of piperidine rings is 1. The molecule has 28 heavy (non-hydrogen) atoms. The van der Waals surface area contributed by atoms with Gasteiger partial charge in [0.1, 0.15) is 0 Å². The van der Waals surface area contributed by atoms with Gasteiger partial charge in [-0.15, -0.1) is 0 Å². The number of rotatable bonds is 3. The second kappa shape index (κ2) is 7.50. The average molecular weight is 419 g/mol. The van der Waals surface area contributed by atoms with Crippen LogP contribution >= 0.6 is 11.6 Å². The van der Waals surface area contributed by atoms with Crippen molar-refractivity contribution in [3.05, 3.63) is 58.6 Å². The van der Waals surface area contributed by atoms with Gasteiger partial charge in [-0.25, -0.2) is 8.42 Å². The normalized spacial score (nSPS) is 20.2. The Labute approximate surface area is 171 Å². The topological polar surface area (TPSA) is 57.7 Å². The Morgan fingerprint density at radius 3 is 2.54 bits per heavy atom. The molecule has 2 heterocycles. The summed E-state index contributed by atoms with van der Waals surface area (Å²) in [5, 5.41) is 0.263. The second-order valence-electron chi connectivity index (χ2n) is 7.46. The molecule has 2 aliphatic rings. The third-order valence-corrected chi connectivity index (χ3v) is 7.77. The van der Waals surface area contributed by atoms with E-state index in [-0.39, 0.29) is 27.4 Å². The fourth-order valence-electron chi connectivity index (χ4n) is 4.09. The standard InChI is InChI=1S/C21H23ClN2O3S/c1-15-13-16-7-3-4-8-20(16)24(15)21(25)18-14-17(9-10-19(18)22)28(26,27)23-11-5-2-6-12-23/h3-4,7-10,14-15H,2,5-6,11-13H2,1H3/t15-/m1/s1. The molecule has 2 aromatic carbocycles. The van der Waals surface area contributed by atoms with Crippen LogP contribution in [-0.2, 0) is 16.4 Å². The number of sulfonamides is 1. The first kappa shape index (κ1) is 19.4. The number of amides is 1. The fraction of sp³-hybridized carbons (Fsp3) is 0.381. The van der Waals surface area contributed by atoms with Crippen LogP contribution in [0.4, 0.5) is 5.69 Å². The smallest absolute Gasteiger partial charge is 0.260 e. The molecule has 0 aromatic heterocycles. The monoisotopic (exact) mass is 418 g/mol. The summed E-state index contributed by atoms with van der Waals surface area (Å²) in [6.45, 7) is 3.02. The summed E-state index contributed by atoms with van der Waals surface area (Å²) in [6.07, 6.45) is 3.54. The minimum Gasteiger partial charge on any atom is -0.305 e. The van der Waals surface area contributed by atoms with Crippen LogP contribution < -0.4 is 4.90 Å². The summed E-state index contributed by atoms with van der Waals surface area (Å²) in [4.78, 5) is 15.2. The van der Waals surface area contributed by atoms with Gasteiger partial charge in [0.25, 0.3) is 5.91 Å². The highest BCUT2D eigenvalue weighted by molar-refractivity contribution is 7.89. The van der Waals surface area contributed by atoms with Crippen molar-refractivity contribution in [3.63, 3.8) is 0 Å². The summed E-state index contributed by atoms with van der Waals surface area (Å²) in [5.74, 6) is -0.266. The molecule has 0 saturated carbocycles. The molecule has 0 spiro atoms. The van der Waals surface area contributed by atoms with Crippen molar-refractivity contribution >= 4 is 33.2 Å². The Morgan fingerprint density at radius 1 is 1.07 bits per heavy atom. The summed E-state index contributed by atoms with van der Waals surface area (Å²) in [6, 6.07) is 12.2. The molecule has 0 unspecified atom stereocenters. The SMILES string of the molecule is C[C@@H]1Cc2ccccc2N1C(=O)c1cc(S(=O)(=O)N2CCCCC2)ccc1Cl. The van der Waals surface area contributed by atoms with E-state index in [1.165, 1.54) is 22.5 Å². The molecule has 1 atom stereocenters. The minimum absolute atomic E-state index is 0.0108. The summed E-state index contributed by atoms with van der Waals surface area (Å²) >= 11 is 6.32. The van der Waals surface area contributed by atoms with Gasteiger partial charge in [0.05, 0.1) is 15.5 Å². The first-order valence-corrected chi connectivity index (χ1v) is 11.4. The Kier molecular flexibility index (Phi) is 5.21. The molecule has 0 aliphatic carbocycles. The third kappa shape index (κ3) is 3.34. The van der Waals surface area contributed by atoms with Crippen LogP contribution in [0.2, 0.25) is 5.02 Å². The van der Waals surface area contributed by atoms with Crippen LogP contribution in [0.3, 0.4) is 0 Å². The molecule has 0 N–H and O–H groups in total. The number of carbonyl (C=O) groups excluding carboxylic acids is 1. The maximum absolute atomic E-state index is 13.3. The number of para-hydroxylation sites is 1. The van der Waals surface area contributed by atoms with Crippen LogP contribution in [0.5, 0.6) is 0 Å². The van der Waals surface area contributed by atoms with Gasteiger partial charge in [-0.05, 0) is 56.0 Å². The van der Waals surface area contributed by atoms with E-state index in [0.29, 0.717) is 13.1 Å². The molecule has 0 bridgehead atoms. The summed E-state index contributed by atoms with van der Waals surface area (Å²) in [5.41, 5.74) is 2.19. The van der Waals surface area contributed by atoms with Crippen molar-refractivity contribution in [3.8, 4) is 0 Å². The maximum atomic E-state index is 13.3. The van der Waals surface area contributed by atoms with Crippen molar-refractivity contribution in [2.75, 3.05) is 18.0 Å². The molecule has 2 aliphatic heterocycles. The van der Waals surface area contributed by atoms with Gasteiger partial charge in [0.2, 0.25) is 10.0 Å². The van der Waals surface area contributed by atoms with E-state index >= 15 is 0 Å². The second-order valence-corrected chi connectivity index (χ2v) is 9.81. The van der Waals surface area contributed by atoms with Crippen molar-refractivity contribution in [1.29, 1.82) is 0 Å². The molecule has 7 heteroatoms. The van der Waals surface area contributed by atoms with Crippen LogP contribution in [0.15, 0.2) is 47.4 Å². The van der Waals surface area contributed by atoms with Crippen molar-refractivity contribution < 1.29 is 13.2 Å². The van der Waals surface area contributed by atoms with E-state index in [1.807, 2.05) is 31.2 Å². The van der Waals surface area contributed by atoms with Crippen LogP contribution in [0.25, 0.3) is 0 Å². The zero-order valence-corrected chi connectivity index (χ0v) is 17.3. The summed E-state index contributed by atoms with van der Waals surface area (Å²) < 4.78 is 27.5. The molecule has 1 fully saturated rings. The Morgan fingerprint density at radius 2 is 1.79 bits per heavy atom. The fourth-order valence-corrected chi connectivity index (χ4v) is 5.83. The van der Waals surface area contributed by atoms with Crippen molar-refractivity contribution in [2.24, 2.45) is 0 Å². The van der Waals surface area contributed by atoms with E-state index in [0.717, 1.165) is 36.9 Å². The summed E-state index contributed by atoms with van der Waals surface area (Å²) in [7, 11) is -3.63. The number of anilines is 1. The molecule has 148 valence electrons. The number of halogens is 1. The number of nitrogens with zero attached hydrogens (tertiary/aromatic N) is 2. The van der Waals surface area contributed by atoms with Gasteiger partial charge in [-0.3, -0.25) is 4.79 Å². The van der Waals surface area contributed by atoms with Crippen LogP contribution in [0, 0.1) is 0 Å². The Hall–Kier alpha value is -1.89. The number of hydrogen-bond acceptors (Lipinski definition) is 3. The van der Waals surface area contributed by atoms with E-state index < -0.39 is 10.0 Å². The van der Waals surface area contributed by atoms with Gasteiger partial charge >= 0.3 is 0 Å². The molecule has 1 amide bonds. The zero-order chi connectivity index (χ0) is 19.9. The lowest BCUT2D eigenvalue weighted by atomic mass is 10.1. The number of benzene rings is 2. The van der Waals surface area contributed by atoms with E-state index in [2.05, 4.69) is 0 Å².